The predicted molar refractivity (Wildman–Crippen MR) is 91.4 cm³/mol. The van der Waals surface area contributed by atoms with Crippen molar-refractivity contribution < 1.29 is 0 Å². The number of fused-ring (bicyclic) bond motifs is 1. The van der Waals surface area contributed by atoms with Crippen LogP contribution in [0.4, 0.5) is 11.8 Å². The fourth-order valence-electron chi connectivity index (χ4n) is 4.04. The van der Waals surface area contributed by atoms with Crippen molar-refractivity contribution in [1.82, 2.24) is 26.1 Å². The van der Waals surface area contributed by atoms with Gasteiger partial charge in [0.05, 0.1) is 0 Å². The molecule has 0 bridgehead atoms. The van der Waals surface area contributed by atoms with E-state index < -0.39 is 0 Å². The summed E-state index contributed by atoms with van der Waals surface area (Å²) in [5.74, 6) is 2.54. The average molecular weight is 317 g/mol. The van der Waals surface area contributed by atoms with Crippen LogP contribution in [0.2, 0.25) is 0 Å². The molecule has 1 saturated carbocycles. The van der Waals surface area contributed by atoms with E-state index in [2.05, 4.69) is 38.3 Å². The second-order valence-electron chi connectivity index (χ2n) is 7.09. The first kappa shape index (κ1) is 15.1. The van der Waals surface area contributed by atoms with E-state index in [0.717, 1.165) is 43.9 Å². The monoisotopic (exact) mass is 317 g/mol. The standard InChI is InChI=1S/C16H27N7/c1-11-10-23(7-6-17-11)16-18-5-4-15(21-16)20-13-2-3-14-12(8-13)9-19-22-14/h4-5,11-14,17,19,22H,2-3,6-10H2,1H3,(H,18,20,21). The number of piperazine rings is 1. The summed E-state index contributed by atoms with van der Waals surface area (Å²) in [6, 6.07) is 3.65. The Morgan fingerprint density at radius 1 is 1.35 bits per heavy atom. The molecule has 126 valence electrons. The van der Waals surface area contributed by atoms with E-state index in [1.807, 2.05) is 12.3 Å². The van der Waals surface area contributed by atoms with Crippen molar-refractivity contribution in [3.63, 3.8) is 0 Å². The lowest BCUT2D eigenvalue weighted by Gasteiger charge is -2.33. The normalized spacial score (nSPS) is 34.2. The zero-order valence-electron chi connectivity index (χ0n) is 13.8. The number of nitrogens with one attached hydrogen (secondary N) is 4. The summed E-state index contributed by atoms with van der Waals surface area (Å²) in [4.78, 5) is 11.5. The summed E-state index contributed by atoms with van der Waals surface area (Å²) >= 11 is 0. The molecule has 2 aliphatic heterocycles. The number of nitrogens with zero attached hydrogens (tertiary/aromatic N) is 3. The number of hydrogen-bond donors (Lipinski definition) is 4. The van der Waals surface area contributed by atoms with Crippen molar-refractivity contribution in [2.45, 2.75) is 44.3 Å². The number of rotatable bonds is 3. The Morgan fingerprint density at radius 2 is 2.30 bits per heavy atom. The minimum atomic E-state index is 0.488. The van der Waals surface area contributed by atoms with Gasteiger partial charge in [-0.2, -0.15) is 4.98 Å². The van der Waals surface area contributed by atoms with Crippen molar-refractivity contribution >= 4 is 11.8 Å². The Hall–Kier alpha value is -1.44. The summed E-state index contributed by atoms with van der Waals surface area (Å²) in [6.07, 6.45) is 5.50. The number of hydrogen-bond acceptors (Lipinski definition) is 7. The molecule has 1 aromatic heterocycles. The first-order chi connectivity index (χ1) is 11.3. The zero-order valence-corrected chi connectivity index (χ0v) is 13.8. The minimum Gasteiger partial charge on any atom is -0.367 e. The van der Waals surface area contributed by atoms with Crippen molar-refractivity contribution in [3.8, 4) is 0 Å². The molecule has 4 unspecified atom stereocenters. The molecule has 3 aliphatic rings. The van der Waals surface area contributed by atoms with E-state index in [-0.39, 0.29) is 0 Å². The number of hydrazine groups is 1. The molecule has 3 fully saturated rings. The summed E-state index contributed by atoms with van der Waals surface area (Å²) in [6.45, 7) is 6.22. The van der Waals surface area contributed by atoms with Crippen molar-refractivity contribution in [2.75, 3.05) is 36.4 Å². The molecule has 0 amide bonds. The van der Waals surface area contributed by atoms with Crippen LogP contribution < -0.4 is 26.4 Å². The molecule has 7 nitrogen and oxygen atoms in total. The third-order valence-corrected chi connectivity index (χ3v) is 5.28. The van der Waals surface area contributed by atoms with Crippen LogP contribution in [0.3, 0.4) is 0 Å². The molecule has 23 heavy (non-hydrogen) atoms. The molecule has 0 spiro atoms. The van der Waals surface area contributed by atoms with Gasteiger partial charge in [-0.25, -0.2) is 4.98 Å². The fourth-order valence-corrected chi connectivity index (χ4v) is 4.04. The zero-order chi connectivity index (χ0) is 15.6. The average Bonchev–Trinajstić information content (AvgIpc) is 3.03. The molecule has 2 saturated heterocycles. The molecule has 4 atom stereocenters. The van der Waals surface area contributed by atoms with Gasteiger partial charge in [0.1, 0.15) is 5.82 Å². The van der Waals surface area contributed by atoms with Crippen molar-refractivity contribution in [3.05, 3.63) is 12.3 Å². The second-order valence-corrected chi connectivity index (χ2v) is 7.09. The van der Waals surface area contributed by atoms with Gasteiger partial charge in [-0.05, 0) is 38.2 Å². The highest BCUT2D eigenvalue weighted by molar-refractivity contribution is 5.42. The van der Waals surface area contributed by atoms with Gasteiger partial charge >= 0.3 is 0 Å². The van der Waals surface area contributed by atoms with E-state index >= 15 is 0 Å². The lowest BCUT2D eigenvalue weighted by atomic mass is 9.83. The number of aromatic nitrogens is 2. The topological polar surface area (TPSA) is 77.1 Å². The Morgan fingerprint density at radius 3 is 3.22 bits per heavy atom. The minimum absolute atomic E-state index is 0.488. The van der Waals surface area contributed by atoms with Gasteiger partial charge in [-0.3, -0.25) is 10.9 Å². The van der Waals surface area contributed by atoms with Crippen LogP contribution in [-0.2, 0) is 0 Å². The maximum Gasteiger partial charge on any atom is 0.227 e. The Balaban J connectivity index is 1.40. The summed E-state index contributed by atoms with van der Waals surface area (Å²) in [7, 11) is 0. The van der Waals surface area contributed by atoms with E-state index in [9.17, 15) is 0 Å². The Bertz CT molecular complexity index is 537. The maximum atomic E-state index is 4.76. The summed E-state index contributed by atoms with van der Waals surface area (Å²) in [5, 5.41) is 7.09. The van der Waals surface area contributed by atoms with E-state index in [0.29, 0.717) is 18.1 Å². The van der Waals surface area contributed by atoms with Gasteiger partial charge in [-0.15, -0.1) is 0 Å². The van der Waals surface area contributed by atoms with E-state index in [1.165, 1.54) is 19.3 Å². The lowest BCUT2D eigenvalue weighted by molar-refractivity contribution is 0.314. The first-order valence-electron chi connectivity index (χ1n) is 8.84. The van der Waals surface area contributed by atoms with Crippen LogP contribution in [0, 0.1) is 5.92 Å². The van der Waals surface area contributed by atoms with Crippen LogP contribution >= 0.6 is 0 Å². The van der Waals surface area contributed by atoms with Crippen LogP contribution in [0.25, 0.3) is 0 Å². The molecule has 7 heteroatoms. The molecule has 1 aromatic rings. The van der Waals surface area contributed by atoms with Gasteiger partial charge in [0.2, 0.25) is 5.95 Å². The highest BCUT2D eigenvalue weighted by Gasteiger charge is 2.33. The highest BCUT2D eigenvalue weighted by atomic mass is 15.4. The van der Waals surface area contributed by atoms with E-state index in [1.54, 1.807) is 0 Å². The van der Waals surface area contributed by atoms with Gasteiger partial charge in [0, 0.05) is 50.5 Å². The third-order valence-electron chi connectivity index (χ3n) is 5.28. The van der Waals surface area contributed by atoms with E-state index in [4.69, 9.17) is 4.98 Å². The number of anilines is 2. The maximum absolute atomic E-state index is 4.76. The quantitative estimate of drug-likeness (QED) is 0.640. The molecular weight excluding hydrogens is 290 g/mol. The van der Waals surface area contributed by atoms with Crippen LogP contribution in [-0.4, -0.2) is 54.3 Å². The van der Waals surface area contributed by atoms with Crippen LogP contribution in [0.1, 0.15) is 26.2 Å². The Labute approximate surface area is 137 Å². The lowest BCUT2D eigenvalue weighted by Crippen LogP contribution is -2.49. The van der Waals surface area contributed by atoms with Gasteiger partial charge in [-0.1, -0.05) is 0 Å². The summed E-state index contributed by atoms with van der Waals surface area (Å²) in [5.41, 5.74) is 6.67. The first-order valence-corrected chi connectivity index (χ1v) is 8.84. The molecule has 4 N–H and O–H groups in total. The van der Waals surface area contributed by atoms with Crippen LogP contribution in [0.5, 0.6) is 0 Å². The van der Waals surface area contributed by atoms with Crippen molar-refractivity contribution in [1.29, 1.82) is 0 Å². The van der Waals surface area contributed by atoms with Crippen molar-refractivity contribution in [2.24, 2.45) is 5.92 Å². The van der Waals surface area contributed by atoms with Crippen LogP contribution in [0.15, 0.2) is 12.3 Å². The summed E-state index contributed by atoms with van der Waals surface area (Å²) < 4.78 is 0. The SMILES string of the molecule is CC1CN(c2nccc(NC3CCC4NNCC4C3)n2)CCN1. The van der Waals surface area contributed by atoms with Gasteiger partial charge in [0.15, 0.2) is 0 Å². The molecule has 0 radical (unpaired) electrons. The fraction of sp³-hybridized carbons (Fsp3) is 0.750. The molecular formula is C16H27N7. The van der Waals surface area contributed by atoms with Gasteiger partial charge in [0.25, 0.3) is 0 Å². The molecule has 3 heterocycles. The highest BCUT2D eigenvalue weighted by Crippen LogP contribution is 2.28. The molecule has 0 aromatic carbocycles. The third kappa shape index (κ3) is 3.41. The molecule has 1 aliphatic carbocycles. The predicted octanol–water partition coefficient (Wildman–Crippen LogP) is 0.332. The second kappa shape index (κ2) is 6.59. The Kier molecular flexibility index (Phi) is 4.33. The molecule has 4 rings (SSSR count). The largest absolute Gasteiger partial charge is 0.367 e. The smallest absolute Gasteiger partial charge is 0.227 e. The van der Waals surface area contributed by atoms with Gasteiger partial charge < -0.3 is 15.5 Å².